The Morgan fingerprint density at radius 2 is 1.79 bits per heavy atom. The fourth-order valence-corrected chi connectivity index (χ4v) is 2.34. The van der Waals surface area contributed by atoms with E-state index in [4.69, 9.17) is 4.74 Å². The van der Waals surface area contributed by atoms with Crippen LogP contribution in [0, 0.1) is 6.92 Å². The van der Waals surface area contributed by atoms with E-state index in [9.17, 15) is 9.59 Å². The summed E-state index contributed by atoms with van der Waals surface area (Å²) in [7, 11) is 0. The summed E-state index contributed by atoms with van der Waals surface area (Å²) < 4.78 is 5.26. The molecule has 0 saturated heterocycles. The van der Waals surface area contributed by atoms with Crippen LogP contribution in [0.15, 0.2) is 54.6 Å². The number of aryl methyl sites for hydroxylation is 1. The zero-order valence-corrected chi connectivity index (χ0v) is 14.0. The van der Waals surface area contributed by atoms with E-state index in [0.29, 0.717) is 6.54 Å². The molecule has 0 aliphatic heterocycles. The largest absolute Gasteiger partial charge is 0.362 e. The van der Waals surface area contributed by atoms with Crippen LogP contribution >= 0.6 is 0 Å². The maximum atomic E-state index is 12.2. The van der Waals surface area contributed by atoms with Crippen molar-refractivity contribution in [2.45, 2.75) is 13.8 Å². The molecule has 0 aliphatic rings. The molecule has 0 spiro atoms. The molecule has 0 radical (unpaired) electrons. The van der Waals surface area contributed by atoms with E-state index in [-0.39, 0.29) is 25.0 Å². The summed E-state index contributed by atoms with van der Waals surface area (Å²) in [5.74, 6) is -0.455. The standard InChI is InChI=1S/C19H22N2O3/c1-3-21(17-10-5-4-6-11-17)19(23)14-24-13-18(22)20-16-9-7-8-15(2)12-16/h4-12H,3,13-14H2,1-2H3,(H,20,22). The summed E-state index contributed by atoms with van der Waals surface area (Å²) in [6, 6.07) is 16.9. The Kier molecular flexibility index (Phi) is 6.51. The minimum Gasteiger partial charge on any atom is -0.362 e. The molecule has 5 heteroatoms. The average molecular weight is 326 g/mol. The molecule has 0 aliphatic carbocycles. The highest BCUT2D eigenvalue weighted by atomic mass is 16.5. The summed E-state index contributed by atoms with van der Waals surface area (Å²) in [4.78, 5) is 25.7. The Morgan fingerprint density at radius 3 is 2.46 bits per heavy atom. The van der Waals surface area contributed by atoms with E-state index >= 15 is 0 Å². The highest BCUT2D eigenvalue weighted by molar-refractivity contribution is 5.95. The van der Waals surface area contributed by atoms with Gasteiger partial charge in [0.25, 0.3) is 5.91 Å². The third-order valence-corrected chi connectivity index (χ3v) is 3.45. The molecule has 0 unspecified atom stereocenters. The first-order valence-electron chi connectivity index (χ1n) is 7.90. The summed E-state index contributed by atoms with van der Waals surface area (Å²) in [5, 5.41) is 2.74. The minimum atomic E-state index is -0.281. The Morgan fingerprint density at radius 1 is 1.04 bits per heavy atom. The van der Waals surface area contributed by atoms with Crippen molar-refractivity contribution in [2.24, 2.45) is 0 Å². The van der Waals surface area contributed by atoms with Crippen molar-refractivity contribution < 1.29 is 14.3 Å². The number of benzene rings is 2. The molecule has 0 heterocycles. The number of ether oxygens (including phenoxy) is 1. The number of likely N-dealkylation sites (N-methyl/N-ethyl adjacent to an activating group) is 1. The van der Waals surface area contributed by atoms with Gasteiger partial charge in [-0.15, -0.1) is 0 Å². The van der Waals surface area contributed by atoms with Crippen molar-refractivity contribution >= 4 is 23.2 Å². The highest BCUT2D eigenvalue weighted by Crippen LogP contribution is 2.13. The molecule has 0 aromatic heterocycles. The SMILES string of the molecule is CCN(C(=O)COCC(=O)Nc1cccc(C)c1)c1ccccc1. The molecule has 0 bridgehead atoms. The second-order valence-corrected chi connectivity index (χ2v) is 5.38. The Hall–Kier alpha value is -2.66. The van der Waals surface area contributed by atoms with Gasteiger partial charge in [0.2, 0.25) is 5.91 Å². The zero-order chi connectivity index (χ0) is 17.4. The van der Waals surface area contributed by atoms with Gasteiger partial charge in [-0.2, -0.15) is 0 Å². The topological polar surface area (TPSA) is 58.6 Å². The first kappa shape index (κ1) is 17.7. The van der Waals surface area contributed by atoms with E-state index in [2.05, 4.69) is 5.32 Å². The Balaban J connectivity index is 1.80. The van der Waals surface area contributed by atoms with Crippen LogP contribution in [0.25, 0.3) is 0 Å². The van der Waals surface area contributed by atoms with Gasteiger partial charge < -0.3 is 15.0 Å². The van der Waals surface area contributed by atoms with E-state index in [1.54, 1.807) is 4.90 Å². The molecular formula is C19H22N2O3. The number of carbonyl (C=O) groups excluding carboxylic acids is 2. The van der Waals surface area contributed by atoms with Crippen molar-refractivity contribution in [1.82, 2.24) is 0 Å². The predicted octanol–water partition coefficient (Wildman–Crippen LogP) is 3.00. The van der Waals surface area contributed by atoms with Crippen molar-refractivity contribution in [3.63, 3.8) is 0 Å². The van der Waals surface area contributed by atoms with Crippen LogP contribution < -0.4 is 10.2 Å². The van der Waals surface area contributed by atoms with Gasteiger partial charge in [-0.05, 0) is 43.7 Å². The van der Waals surface area contributed by atoms with Gasteiger partial charge in [-0.25, -0.2) is 0 Å². The van der Waals surface area contributed by atoms with Gasteiger partial charge in [0.1, 0.15) is 13.2 Å². The Bertz CT molecular complexity index is 686. The molecule has 0 saturated carbocycles. The fraction of sp³-hybridized carbons (Fsp3) is 0.263. The molecule has 0 fully saturated rings. The molecule has 2 aromatic rings. The van der Waals surface area contributed by atoms with Crippen LogP contribution in [0.1, 0.15) is 12.5 Å². The number of hydrogen-bond donors (Lipinski definition) is 1. The van der Waals surface area contributed by atoms with Gasteiger partial charge in [0, 0.05) is 17.9 Å². The second kappa shape index (κ2) is 8.84. The molecule has 2 amide bonds. The van der Waals surface area contributed by atoms with Gasteiger partial charge >= 0.3 is 0 Å². The second-order valence-electron chi connectivity index (χ2n) is 5.38. The molecule has 5 nitrogen and oxygen atoms in total. The lowest BCUT2D eigenvalue weighted by Gasteiger charge is -2.20. The lowest BCUT2D eigenvalue weighted by atomic mass is 10.2. The highest BCUT2D eigenvalue weighted by Gasteiger charge is 2.14. The van der Waals surface area contributed by atoms with Gasteiger partial charge in [0.15, 0.2) is 0 Å². The zero-order valence-electron chi connectivity index (χ0n) is 14.0. The molecule has 126 valence electrons. The number of carbonyl (C=O) groups is 2. The number of hydrogen-bond acceptors (Lipinski definition) is 3. The smallest absolute Gasteiger partial charge is 0.252 e. The summed E-state index contributed by atoms with van der Waals surface area (Å²) in [6.45, 7) is 4.10. The molecule has 24 heavy (non-hydrogen) atoms. The van der Waals surface area contributed by atoms with Crippen LogP contribution in [-0.4, -0.2) is 31.6 Å². The van der Waals surface area contributed by atoms with Crippen LogP contribution in [0.4, 0.5) is 11.4 Å². The maximum Gasteiger partial charge on any atom is 0.252 e. The molecule has 2 rings (SSSR count). The van der Waals surface area contributed by atoms with E-state index < -0.39 is 0 Å². The number of anilines is 2. The Labute approximate surface area is 142 Å². The quantitative estimate of drug-likeness (QED) is 0.851. The average Bonchev–Trinajstić information content (AvgIpc) is 2.56. The van der Waals surface area contributed by atoms with E-state index in [1.807, 2.05) is 68.4 Å². The fourth-order valence-electron chi connectivity index (χ4n) is 2.34. The molecule has 0 atom stereocenters. The number of amides is 2. The third-order valence-electron chi connectivity index (χ3n) is 3.45. The van der Waals surface area contributed by atoms with Crippen molar-refractivity contribution in [3.05, 3.63) is 60.2 Å². The lowest BCUT2D eigenvalue weighted by molar-refractivity contribution is -0.126. The minimum absolute atomic E-state index is 0.135. The summed E-state index contributed by atoms with van der Waals surface area (Å²) in [6.07, 6.45) is 0. The van der Waals surface area contributed by atoms with E-state index in [0.717, 1.165) is 16.9 Å². The van der Waals surface area contributed by atoms with E-state index in [1.165, 1.54) is 0 Å². The van der Waals surface area contributed by atoms with Gasteiger partial charge in [0.05, 0.1) is 0 Å². The van der Waals surface area contributed by atoms with Gasteiger partial charge in [-0.3, -0.25) is 9.59 Å². The van der Waals surface area contributed by atoms with Crippen LogP contribution in [0.3, 0.4) is 0 Å². The number of rotatable bonds is 7. The molecular weight excluding hydrogens is 304 g/mol. The third kappa shape index (κ3) is 5.21. The van der Waals surface area contributed by atoms with Gasteiger partial charge in [-0.1, -0.05) is 30.3 Å². The monoisotopic (exact) mass is 326 g/mol. The normalized spacial score (nSPS) is 10.2. The van der Waals surface area contributed by atoms with Crippen molar-refractivity contribution in [3.8, 4) is 0 Å². The number of nitrogens with one attached hydrogen (secondary N) is 1. The van der Waals surface area contributed by atoms with Crippen molar-refractivity contribution in [1.29, 1.82) is 0 Å². The predicted molar refractivity (Wildman–Crippen MR) is 95.1 cm³/mol. The first-order valence-corrected chi connectivity index (χ1v) is 7.90. The number of nitrogens with zero attached hydrogens (tertiary/aromatic N) is 1. The summed E-state index contributed by atoms with van der Waals surface area (Å²) >= 11 is 0. The van der Waals surface area contributed by atoms with Crippen molar-refractivity contribution in [2.75, 3.05) is 30.0 Å². The number of para-hydroxylation sites is 1. The van der Waals surface area contributed by atoms with Crippen LogP contribution in [-0.2, 0) is 14.3 Å². The molecule has 2 aromatic carbocycles. The maximum absolute atomic E-state index is 12.2. The first-order chi connectivity index (χ1) is 11.6. The summed E-state index contributed by atoms with van der Waals surface area (Å²) in [5.41, 5.74) is 2.59. The molecule has 1 N–H and O–H groups in total. The van der Waals surface area contributed by atoms with Crippen LogP contribution in [0.2, 0.25) is 0 Å². The lowest BCUT2D eigenvalue weighted by Crippen LogP contribution is -2.34. The van der Waals surface area contributed by atoms with Crippen LogP contribution in [0.5, 0.6) is 0 Å².